The van der Waals surface area contributed by atoms with Crippen LogP contribution in [0.1, 0.15) is 18.4 Å². The van der Waals surface area contributed by atoms with Gasteiger partial charge in [-0.25, -0.2) is 0 Å². The third kappa shape index (κ3) is 1.30. The Bertz CT molecular complexity index is 377. The third-order valence-electron chi connectivity index (χ3n) is 2.60. The van der Waals surface area contributed by atoms with Crippen molar-refractivity contribution in [3.63, 3.8) is 0 Å². The van der Waals surface area contributed by atoms with Gasteiger partial charge in [0.2, 0.25) is 0 Å². The van der Waals surface area contributed by atoms with E-state index in [0.29, 0.717) is 28.5 Å². The summed E-state index contributed by atoms with van der Waals surface area (Å²) in [7, 11) is 0. The summed E-state index contributed by atoms with van der Waals surface area (Å²) in [5, 5.41) is 9.97. The van der Waals surface area contributed by atoms with Crippen molar-refractivity contribution in [3.05, 3.63) is 33.8 Å². The van der Waals surface area contributed by atoms with E-state index in [4.69, 9.17) is 28.3 Å². The van der Waals surface area contributed by atoms with Crippen LogP contribution in [-0.2, 0) is 10.2 Å². The van der Waals surface area contributed by atoms with Crippen LogP contribution in [-0.4, -0.2) is 11.1 Å². The molecule has 0 aliphatic heterocycles. The predicted octanol–water partition coefficient (Wildman–Crippen LogP) is 3.11. The van der Waals surface area contributed by atoms with E-state index >= 15 is 0 Å². The van der Waals surface area contributed by atoms with E-state index in [-0.39, 0.29) is 0 Å². The topological polar surface area (TPSA) is 37.3 Å². The number of carboxylic acids is 1. The molecule has 0 bridgehead atoms. The second kappa shape index (κ2) is 3.14. The van der Waals surface area contributed by atoms with Crippen molar-refractivity contribution >= 4 is 29.2 Å². The molecule has 0 spiro atoms. The summed E-state index contributed by atoms with van der Waals surface area (Å²) in [4.78, 5) is 11.1. The van der Waals surface area contributed by atoms with Gasteiger partial charge < -0.3 is 5.11 Å². The van der Waals surface area contributed by atoms with Crippen LogP contribution in [0.15, 0.2) is 18.2 Å². The number of aliphatic carboxylic acids is 1. The van der Waals surface area contributed by atoms with Gasteiger partial charge in [-0.05, 0) is 25.0 Å². The molecule has 1 aliphatic rings. The Kier molecular flexibility index (Phi) is 2.20. The van der Waals surface area contributed by atoms with Crippen LogP contribution in [0.25, 0.3) is 0 Å². The van der Waals surface area contributed by atoms with Crippen LogP contribution in [0.3, 0.4) is 0 Å². The number of hydrogen-bond acceptors (Lipinski definition) is 1. The zero-order valence-corrected chi connectivity index (χ0v) is 8.77. The molecule has 0 unspecified atom stereocenters. The lowest BCUT2D eigenvalue weighted by molar-refractivity contribution is -0.140. The van der Waals surface area contributed by atoms with Crippen LogP contribution in [0.4, 0.5) is 0 Å². The van der Waals surface area contributed by atoms with E-state index in [9.17, 15) is 4.79 Å². The van der Waals surface area contributed by atoms with E-state index in [2.05, 4.69) is 0 Å². The van der Waals surface area contributed by atoms with Crippen molar-refractivity contribution in [1.29, 1.82) is 0 Å². The molecule has 1 aromatic rings. The summed E-state index contributed by atoms with van der Waals surface area (Å²) < 4.78 is 0. The smallest absolute Gasteiger partial charge is 0.314 e. The van der Waals surface area contributed by atoms with E-state index < -0.39 is 11.4 Å². The highest BCUT2D eigenvalue weighted by molar-refractivity contribution is 6.36. The van der Waals surface area contributed by atoms with Gasteiger partial charge in [0.1, 0.15) is 0 Å². The van der Waals surface area contributed by atoms with Crippen LogP contribution < -0.4 is 0 Å². The molecule has 1 fully saturated rings. The minimum atomic E-state index is -0.840. The molecule has 0 atom stereocenters. The normalized spacial score (nSPS) is 17.9. The van der Waals surface area contributed by atoms with Gasteiger partial charge in [-0.3, -0.25) is 4.79 Å². The Labute approximate surface area is 91.4 Å². The Morgan fingerprint density at radius 2 is 1.79 bits per heavy atom. The maximum Gasteiger partial charge on any atom is 0.314 e. The molecule has 0 amide bonds. The monoisotopic (exact) mass is 230 g/mol. The number of carboxylic acid groups (broad SMARTS) is 1. The van der Waals surface area contributed by atoms with Crippen molar-refractivity contribution < 1.29 is 9.90 Å². The van der Waals surface area contributed by atoms with Gasteiger partial charge in [0.05, 0.1) is 5.41 Å². The SMILES string of the molecule is O=C(O)C1(c2c(Cl)cccc2Cl)CC1. The average molecular weight is 231 g/mol. The largest absolute Gasteiger partial charge is 0.481 e. The van der Waals surface area contributed by atoms with Crippen molar-refractivity contribution in [2.75, 3.05) is 0 Å². The zero-order chi connectivity index (χ0) is 10.3. The Balaban J connectivity index is 2.56. The fraction of sp³-hybridized carbons (Fsp3) is 0.300. The highest BCUT2D eigenvalue weighted by atomic mass is 35.5. The summed E-state index contributed by atoms with van der Waals surface area (Å²) in [6.45, 7) is 0. The molecule has 1 aromatic carbocycles. The molecular formula is C10H8Cl2O2. The highest BCUT2D eigenvalue weighted by Crippen LogP contribution is 2.52. The molecule has 1 aliphatic carbocycles. The predicted molar refractivity (Wildman–Crippen MR) is 55.0 cm³/mol. The quantitative estimate of drug-likeness (QED) is 0.848. The Hall–Kier alpha value is -0.730. The van der Waals surface area contributed by atoms with Gasteiger partial charge in [-0.2, -0.15) is 0 Å². The summed E-state index contributed by atoms with van der Waals surface area (Å²) in [6.07, 6.45) is 1.23. The van der Waals surface area contributed by atoms with Gasteiger partial charge in [0, 0.05) is 15.6 Å². The third-order valence-corrected chi connectivity index (χ3v) is 3.23. The summed E-state index contributed by atoms with van der Waals surface area (Å²) >= 11 is 11.9. The van der Waals surface area contributed by atoms with Gasteiger partial charge in [-0.15, -0.1) is 0 Å². The Morgan fingerprint density at radius 3 is 2.14 bits per heavy atom. The van der Waals surface area contributed by atoms with Gasteiger partial charge in [-0.1, -0.05) is 29.3 Å². The minimum Gasteiger partial charge on any atom is -0.481 e. The van der Waals surface area contributed by atoms with Crippen LogP contribution in [0.5, 0.6) is 0 Å². The van der Waals surface area contributed by atoms with E-state index in [1.165, 1.54) is 0 Å². The molecule has 0 heterocycles. The molecule has 0 aromatic heterocycles. The second-order valence-electron chi connectivity index (χ2n) is 3.48. The molecule has 2 rings (SSSR count). The summed E-state index contributed by atoms with van der Waals surface area (Å²) in [5.41, 5.74) is -0.258. The van der Waals surface area contributed by atoms with E-state index in [1.807, 2.05) is 0 Å². The first-order chi connectivity index (χ1) is 6.58. The molecule has 74 valence electrons. The molecule has 1 saturated carbocycles. The van der Waals surface area contributed by atoms with Crippen molar-refractivity contribution in [2.24, 2.45) is 0 Å². The van der Waals surface area contributed by atoms with E-state index in [0.717, 1.165) is 0 Å². The number of benzene rings is 1. The molecule has 0 saturated heterocycles. The van der Waals surface area contributed by atoms with E-state index in [1.54, 1.807) is 18.2 Å². The first-order valence-electron chi connectivity index (χ1n) is 4.26. The zero-order valence-electron chi connectivity index (χ0n) is 7.26. The molecule has 2 nitrogen and oxygen atoms in total. The number of hydrogen-bond donors (Lipinski definition) is 1. The molecular weight excluding hydrogens is 223 g/mol. The first kappa shape index (κ1) is 9.81. The average Bonchev–Trinajstić information content (AvgIpc) is 2.85. The number of rotatable bonds is 2. The fourth-order valence-electron chi connectivity index (χ4n) is 1.65. The maximum absolute atomic E-state index is 11.1. The number of carbonyl (C=O) groups is 1. The number of halogens is 2. The van der Waals surface area contributed by atoms with Gasteiger partial charge >= 0.3 is 5.97 Å². The van der Waals surface area contributed by atoms with Crippen LogP contribution in [0, 0.1) is 0 Å². The standard InChI is InChI=1S/C10H8Cl2O2/c11-6-2-1-3-7(12)8(6)10(4-5-10)9(13)14/h1-3H,4-5H2,(H,13,14). The van der Waals surface area contributed by atoms with Crippen molar-refractivity contribution in [1.82, 2.24) is 0 Å². The highest BCUT2D eigenvalue weighted by Gasteiger charge is 2.53. The lowest BCUT2D eigenvalue weighted by Crippen LogP contribution is -2.20. The second-order valence-corrected chi connectivity index (χ2v) is 4.30. The molecule has 1 N–H and O–H groups in total. The van der Waals surface area contributed by atoms with Gasteiger partial charge in [0.25, 0.3) is 0 Å². The van der Waals surface area contributed by atoms with Crippen molar-refractivity contribution in [3.8, 4) is 0 Å². The fourth-order valence-corrected chi connectivity index (χ4v) is 2.41. The van der Waals surface area contributed by atoms with Crippen LogP contribution in [0.2, 0.25) is 10.0 Å². The first-order valence-corrected chi connectivity index (χ1v) is 5.01. The molecule has 4 heteroatoms. The van der Waals surface area contributed by atoms with Crippen molar-refractivity contribution in [2.45, 2.75) is 18.3 Å². The summed E-state index contributed by atoms with van der Waals surface area (Å²) in [6, 6.07) is 5.06. The maximum atomic E-state index is 11.1. The Morgan fingerprint density at radius 1 is 1.29 bits per heavy atom. The van der Waals surface area contributed by atoms with Crippen LogP contribution >= 0.6 is 23.2 Å². The summed E-state index contributed by atoms with van der Waals surface area (Å²) in [5.74, 6) is -0.840. The minimum absolute atomic E-state index is 0.442. The lowest BCUT2D eigenvalue weighted by Gasteiger charge is -2.13. The van der Waals surface area contributed by atoms with Gasteiger partial charge in [0.15, 0.2) is 0 Å². The molecule has 14 heavy (non-hydrogen) atoms. The lowest BCUT2D eigenvalue weighted by atomic mass is 9.96. The molecule has 0 radical (unpaired) electrons.